The lowest BCUT2D eigenvalue weighted by atomic mass is 10.2. The Morgan fingerprint density at radius 2 is 2.47 bits per heavy atom. The van der Waals surface area contributed by atoms with E-state index in [9.17, 15) is 0 Å². The first-order valence-corrected chi connectivity index (χ1v) is 7.35. The van der Waals surface area contributed by atoms with Crippen LogP contribution in [0.25, 0.3) is 11.2 Å². The van der Waals surface area contributed by atoms with Crippen molar-refractivity contribution in [1.29, 1.82) is 0 Å². The van der Waals surface area contributed by atoms with Gasteiger partial charge in [0.2, 0.25) is 0 Å². The van der Waals surface area contributed by atoms with Crippen molar-refractivity contribution in [1.82, 2.24) is 14.5 Å². The predicted octanol–water partition coefficient (Wildman–Crippen LogP) is 2.89. The lowest BCUT2D eigenvalue weighted by Crippen LogP contribution is -2.12. The highest BCUT2D eigenvalue weighted by molar-refractivity contribution is 8.00. The number of hydrogen-bond donors (Lipinski definition) is 0. The molecule has 90 valence electrons. The van der Waals surface area contributed by atoms with Crippen LogP contribution in [0.15, 0.2) is 18.3 Å². The maximum atomic E-state index is 4.66. The fraction of sp³-hybridized carbons (Fsp3) is 0.538. The molecule has 1 unspecified atom stereocenters. The first-order chi connectivity index (χ1) is 8.38. The Balaban J connectivity index is 1.99. The number of rotatable bonds is 3. The zero-order chi connectivity index (χ0) is 11.7. The van der Waals surface area contributed by atoms with Crippen molar-refractivity contribution in [2.45, 2.75) is 38.0 Å². The summed E-state index contributed by atoms with van der Waals surface area (Å²) in [6, 6.07) is 4.02. The number of pyridine rings is 1. The van der Waals surface area contributed by atoms with Crippen LogP contribution in [0.1, 0.15) is 25.6 Å². The summed E-state index contributed by atoms with van der Waals surface area (Å²) in [5, 5.41) is 0.750. The molecule has 0 saturated carbocycles. The summed E-state index contributed by atoms with van der Waals surface area (Å²) in [6.07, 6.45) is 5.53. The molecule has 1 aliphatic heterocycles. The van der Waals surface area contributed by atoms with Crippen LogP contribution in [0, 0.1) is 0 Å². The molecule has 0 amide bonds. The highest BCUT2D eigenvalue weighted by Gasteiger charge is 2.19. The molecule has 2 aromatic rings. The molecule has 0 aromatic carbocycles. The van der Waals surface area contributed by atoms with E-state index in [0.717, 1.165) is 29.4 Å². The van der Waals surface area contributed by atoms with Crippen molar-refractivity contribution < 1.29 is 0 Å². The van der Waals surface area contributed by atoms with Gasteiger partial charge in [-0.1, -0.05) is 6.92 Å². The van der Waals surface area contributed by atoms with Gasteiger partial charge in [0, 0.05) is 24.4 Å². The van der Waals surface area contributed by atoms with E-state index in [2.05, 4.69) is 39.3 Å². The zero-order valence-corrected chi connectivity index (χ0v) is 10.9. The average molecular weight is 247 g/mol. The van der Waals surface area contributed by atoms with E-state index in [4.69, 9.17) is 0 Å². The Morgan fingerprint density at radius 1 is 1.53 bits per heavy atom. The van der Waals surface area contributed by atoms with Gasteiger partial charge in [0.1, 0.15) is 11.3 Å². The van der Waals surface area contributed by atoms with E-state index in [1.54, 1.807) is 0 Å². The number of imidazole rings is 1. The smallest absolute Gasteiger partial charge is 0.160 e. The fourth-order valence-electron chi connectivity index (χ4n) is 2.46. The third kappa shape index (κ3) is 2.06. The molecule has 1 saturated heterocycles. The third-order valence-corrected chi connectivity index (χ3v) is 4.69. The molecule has 1 aliphatic rings. The van der Waals surface area contributed by atoms with Crippen molar-refractivity contribution in [3.8, 4) is 0 Å². The van der Waals surface area contributed by atoms with Gasteiger partial charge in [-0.2, -0.15) is 11.8 Å². The van der Waals surface area contributed by atoms with Crippen LogP contribution < -0.4 is 0 Å². The third-order valence-electron chi connectivity index (χ3n) is 3.31. The molecule has 0 bridgehead atoms. The maximum absolute atomic E-state index is 4.66. The summed E-state index contributed by atoms with van der Waals surface area (Å²) < 4.78 is 2.32. The Kier molecular flexibility index (Phi) is 3.05. The second kappa shape index (κ2) is 4.69. The lowest BCUT2D eigenvalue weighted by Gasteiger charge is -2.12. The Bertz CT molecular complexity index is 514. The van der Waals surface area contributed by atoms with Gasteiger partial charge in [0.15, 0.2) is 5.65 Å². The molecule has 1 atom stereocenters. The minimum absolute atomic E-state index is 0.750. The van der Waals surface area contributed by atoms with E-state index in [1.807, 2.05) is 12.3 Å². The van der Waals surface area contributed by atoms with Crippen LogP contribution in [-0.4, -0.2) is 25.5 Å². The second-order valence-electron chi connectivity index (χ2n) is 4.47. The van der Waals surface area contributed by atoms with Gasteiger partial charge in [-0.25, -0.2) is 9.97 Å². The van der Waals surface area contributed by atoms with Gasteiger partial charge in [-0.15, -0.1) is 0 Å². The molecule has 3 heterocycles. The number of aryl methyl sites for hydroxylation is 1. The first-order valence-electron chi connectivity index (χ1n) is 6.30. The molecule has 0 spiro atoms. The summed E-state index contributed by atoms with van der Waals surface area (Å²) in [7, 11) is 0. The topological polar surface area (TPSA) is 30.7 Å². The molecule has 1 fully saturated rings. The van der Waals surface area contributed by atoms with Gasteiger partial charge in [0.05, 0.1) is 0 Å². The number of nitrogens with zero attached hydrogens (tertiary/aromatic N) is 3. The second-order valence-corrected chi connectivity index (χ2v) is 5.88. The van der Waals surface area contributed by atoms with Crippen LogP contribution in [0.5, 0.6) is 0 Å². The molecule has 17 heavy (non-hydrogen) atoms. The Labute approximate surface area is 106 Å². The van der Waals surface area contributed by atoms with Gasteiger partial charge in [0.25, 0.3) is 0 Å². The molecular formula is C13H17N3S. The normalized spacial score (nSPS) is 20.2. The summed E-state index contributed by atoms with van der Waals surface area (Å²) >= 11 is 2.09. The monoisotopic (exact) mass is 247 g/mol. The molecule has 3 rings (SSSR count). The average Bonchev–Trinajstić information content (AvgIpc) is 2.98. The number of fused-ring (bicyclic) bond motifs is 1. The maximum Gasteiger partial charge on any atom is 0.160 e. The highest BCUT2D eigenvalue weighted by atomic mass is 32.2. The summed E-state index contributed by atoms with van der Waals surface area (Å²) in [6.45, 7) is 3.24. The van der Waals surface area contributed by atoms with E-state index < -0.39 is 0 Å². The van der Waals surface area contributed by atoms with Gasteiger partial charge in [-0.05, 0) is 30.7 Å². The summed E-state index contributed by atoms with van der Waals surface area (Å²) in [5.41, 5.74) is 2.09. The first kappa shape index (κ1) is 11.1. The number of thioether (sulfide) groups is 1. The fourth-order valence-corrected chi connectivity index (χ4v) is 3.71. The quantitative estimate of drug-likeness (QED) is 0.835. The van der Waals surface area contributed by atoms with Gasteiger partial charge < -0.3 is 4.57 Å². The van der Waals surface area contributed by atoms with Crippen molar-refractivity contribution in [2.75, 3.05) is 5.75 Å². The zero-order valence-electron chi connectivity index (χ0n) is 10.1. The van der Waals surface area contributed by atoms with Gasteiger partial charge in [-0.3, -0.25) is 0 Å². The molecule has 4 heteroatoms. The van der Waals surface area contributed by atoms with Gasteiger partial charge >= 0.3 is 0 Å². The molecule has 0 radical (unpaired) electrons. The standard InChI is InChI=1S/C13H17N3S/c1-2-12-15-11-6-3-7-14-13(11)16(12)9-10-5-4-8-17-10/h3,6-7,10H,2,4-5,8-9H2,1H3. The molecule has 2 aromatic heterocycles. The van der Waals surface area contributed by atoms with Crippen LogP contribution in [-0.2, 0) is 13.0 Å². The number of aromatic nitrogens is 3. The van der Waals surface area contributed by atoms with Crippen LogP contribution in [0.2, 0.25) is 0 Å². The van der Waals surface area contributed by atoms with Crippen molar-refractivity contribution in [3.63, 3.8) is 0 Å². The number of hydrogen-bond acceptors (Lipinski definition) is 3. The minimum Gasteiger partial charge on any atom is -0.312 e. The minimum atomic E-state index is 0.750. The van der Waals surface area contributed by atoms with Crippen LogP contribution >= 0.6 is 11.8 Å². The predicted molar refractivity (Wildman–Crippen MR) is 72.4 cm³/mol. The van der Waals surface area contributed by atoms with Crippen molar-refractivity contribution in [2.24, 2.45) is 0 Å². The van der Waals surface area contributed by atoms with E-state index >= 15 is 0 Å². The van der Waals surface area contributed by atoms with Crippen molar-refractivity contribution in [3.05, 3.63) is 24.2 Å². The Hall–Kier alpha value is -1.03. The lowest BCUT2D eigenvalue weighted by molar-refractivity contribution is 0.623. The molecule has 0 aliphatic carbocycles. The summed E-state index contributed by atoms with van der Waals surface area (Å²) in [4.78, 5) is 9.15. The largest absolute Gasteiger partial charge is 0.312 e. The van der Waals surface area contributed by atoms with E-state index in [1.165, 1.54) is 24.4 Å². The van der Waals surface area contributed by atoms with Crippen LogP contribution in [0.4, 0.5) is 0 Å². The molecular weight excluding hydrogens is 230 g/mol. The van der Waals surface area contributed by atoms with E-state index in [-0.39, 0.29) is 0 Å². The SMILES string of the molecule is CCc1nc2cccnc2n1CC1CCCS1. The van der Waals surface area contributed by atoms with Crippen molar-refractivity contribution >= 4 is 22.9 Å². The van der Waals surface area contributed by atoms with E-state index in [0.29, 0.717) is 0 Å². The van der Waals surface area contributed by atoms with Crippen LogP contribution in [0.3, 0.4) is 0 Å². The molecule has 0 N–H and O–H groups in total. The Morgan fingerprint density at radius 3 is 3.24 bits per heavy atom. The highest BCUT2D eigenvalue weighted by Crippen LogP contribution is 2.28. The summed E-state index contributed by atoms with van der Waals surface area (Å²) in [5.74, 6) is 2.48. The molecule has 3 nitrogen and oxygen atoms in total.